The molecule has 2 aliphatic heterocycles. The van der Waals surface area contributed by atoms with E-state index in [1.807, 2.05) is 24.3 Å². The lowest BCUT2D eigenvalue weighted by molar-refractivity contribution is 0.570. The fourth-order valence-corrected chi connectivity index (χ4v) is 6.60. The smallest absolute Gasteiger partial charge is 0.259 e. The van der Waals surface area contributed by atoms with E-state index in [1.165, 1.54) is 4.88 Å². The van der Waals surface area contributed by atoms with Gasteiger partial charge in [0.15, 0.2) is 5.17 Å². The molecule has 1 fully saturated rings. The van der Waals surface area contributed by atoms with Crippen LogP contribution in [0.3, 0.4) is 0 Å². The zero-order chi connectivity index (χ0) is 21.6. The Bertz CT molecular complexity index is 949. The predicted molar refractivity (Wildman–Crippen MR) is 134 cm³/mol. The van der Waals surface area contributed by atoms with Crippen LogP contribution in [0.15, 0.2) is 57.9 Å². The molecule has 0 amide bonds. The first kappa shape index (κ1) is 22.7. The summed E-state index contributed by atoms with van der Waals surface area (Å²) in [5.41, 5.74) is 9.36. The molecular weight excluding hydrogens is 471 g/mol. The van der Waals surface area contributed by atoms with Gasteiger partial charge in [-0.15, -0.1) is 23.1 Å². The van der Waals surface area contributed by atoms with Gasteiger partial charge in [0.2, 0.25) is 0 Å². The fourth-order valence-electron chi connectivity index (χ4n) is 3.31. The molecule has 0 bridgehead atoms. The molecule has 4 rings (SSSR count). The zero-order valence-electron chi connectivity index (χ0n) is 16.9. The summed E-state index contributed by atoms with van der Waals surface area (Å²) < 4.78 is 22.4. The van der Waals surface area contributed by atoms with Gasteiger partial charge in [0.25, 0.3) is 11.3 Å². The van der Waals surface area contributed by atoms with Crippen molar-refractivity contribution in [3.63, 3.8) is 0 Å². The summed E-state index contributed by atoms with van der Waals surface area (Å²) in [4.78, 5) is 6.33. The number of thioether (sulfide) groups is 2. The minimum absolute atomic E-state index is 0.0552. The van der Waals surface area contributed by atoms with Gasteiger partial charge in [-0.2, -0.15) is 0 Å². The first-order chi connectivity index (χ1) is 15.1. The van der Waals surface area contributed by atoms with Crippen molar-refractivity contribution in [1.82, 2.24) is 16.2 Å². The Morgan fingerprint density at radius 3 is 2.84 bits per heavy atom. The minimum Gasteiger partial charge on any atom is -0.370 e. The largest absolute Gasteiger partial charge is 0.370 e. The number of hydrogen-bond acceptors (Lipinski definition) is 7. The van der Waals surface area contributed by atoms with Gasteiger partial charge < -0.3 is 5.32 Å². The van der Waals surface area contributed by atoms with Crippen LogP contribution in [-0.4, -0.2) is 25.3 Å². The molecule has 2 aliphatic rings. The summed E-state index contributed by atoms with van der Waals surface area (Å²) in [6.45, 7) is 2.18. The molecule has 1 saturated heterocycles. The number of benzene rings is 1. The number of nitrogens with one attached hydrogen (secondary N) is 4. The molecule has 0 aliphatic carbocycles. The number of nitrogens with zero attached hydrogens (tertiary/aromatic N) is 1. The van der Waals surface area contributed by atoms with Gasteiger partial charge in [0.05, 0.1) is 11.4 Å². The molecule has 31 heavy (non-hydrogen) atoms. The van der Waals surface area contributed by atoms with Crippen molar-refractivity contribution >= 4 is 57.0 Å². The highest BCUT2D eigenvalue weighted by Gasteiger charge is 2.27. The lowest BCUT2D eigenvalue weighted by Gasteiger charge is -2.18. The highest BCUT2D eigenvalue weighted by atomic mass is 32.2. The minimum atomic E-state index is -2.07. The van der Waals surface area contributed by atoms with E-state index in [1.54, 1.807) is 34.9 Å². The van der Waals surface area contributed by atoms with Gasteiger partial charge in [-0.1, -0.05) is 43.3 Å². The Morgan fingerprint density at radius 1 is 1.29 bits per heavy atom. The number of anilines is 1. The summed E-state index contributed by atoms with van der Waals surface area (Å²) in [6, 6.07) is 11.7. The SMILES string of the molecule is CCCC1NNC(=N[C@@H](Cc2ccc(NS(=O)O)cc2)C2=CSC(c3cccs3)N2)S1. The first-order valence-corrected chi connectivity index (χ1v) is 13.8. The number of hydrogen-bond donors (Lipinski definition) is 5. The van der Waals surface area contributed by atoms with Crippen LogP contribution in [0.5, 0.6) is 0 Å². The Kier molecular flexibility index (Phi) is 7.96. The molecular formula is C20H25N5O2S4. The van der Waals surface area contributed by atoms with E-state index in [0.717, 1.165) is 35.7 Å². The van der Waals surface area contributed by atoms with Crippen molar-refractivity contribution in [1.29, 1.82) is 0 Å². The molecule has 0 saturated carbocycles. The van der Waals surface area contributed by atoms with Crippen LogP contribution in [-0.2, 0) is 17.7 Å². The monoisotopic (exact) mass is 495 g/mol. The second-order valence-electron chi connectivity index (χ2n) is 7.12. The van der Waals surface area contributed by atoms with Gasteiger partial charge >= 0.3 is 0 Å². The van der Waals surface area contributed by atoms with Gasteiger partial charge in [-0.05, 0) is 41.0 Å². The maximum Gasteiger partial charge on any atom is 0.259 e. The van der Waals surface area contributed by atoms with Crippen molar-refractivity contribution in [2.45, 2.75) is 43.0 Å². The second-order valence-corrected chi connectivity index (χ2v) is 11.0. The maximum absolute atomic E-state index is 10.9. The predicted octanol–water partition coefficient (Wildman–Crippen LogP) is 4.41. The third-order valence-corrected chi connectivity index (χ3v) is 8.39. The number of aliphatic imine (C=N–C) groups is 1. The molecule has 4 atom stereocenters. The van der Waals surface area contributed by atoms with Crippen LogP contribution in [0.4, 0.5) is 5.69 Å². The van der Waals surface area contributed by atoms with Crippen molar-refractivity contribution < 1.29 is 8.76 Å². The topological polar surface area (TPSA) is 97.8 Å². The third kappa shape index (κ3) is 6.27. The average molecular weight is 496 g/mol. The zero-order valence-corrected chi connectivity index (χ0v) is 20.2. The van der Waals surface area contributed by atoms with Gasteiger partial charge in [-0.3, -0.25) is 19.7 Å². The molecule has 1 aromatic heterocycles. The lowest BCUT2D eigenvalue weighted by Crippen LogP contribution is -2.32. The molecule has 0 spiro atoms. The highest BCUT2D eigenvalue weighted by Crippen LogP contribution is 2.38. The number of rotatable bonds is 9. The molecule has 1 aromatic carbocycles. The van der Waals surface area contributed by atoms with Crippen LogP contribution in [0, 0.1) is 0 Å². The number of thiophene rings is 1. The number of amidine groups is 1. The van der Waals surface area contributed by atoms with Gasteiger partial charge in [0.1, 0.15) is 5.37 Å². The molecule has 0 radical (unpaired) electrons. The Morgan fingerprint density at radius 2 is 2.13 bits per heavy atom. The second kappa shape index (κ2) is 10.9. The summed E-state index contributed by atoms with van der Waals surface area (Å²) in [5.74, 6) is 0. The summed E-state index contributed by atoms with van der Waals surface area (Å²) in [7, 11) is 0. The molecule has 3 unspecified atom stereocenters. The van der Waals surface area contributed by atoms with Crippen LogP contribution in [0.1, 0.15) is 35.6 Å². The Balaban J connectivity index is 1.49. The van der Waals surface area contributed by atoms with E-state index >= 15 is 0 Å². The standard InChI is InChI=1S/C20H25N5O2S4/c1-2-4-18-23-24-20(30-18)22-15(11-13-6-8-14(9-7-13)25-31(26)27)16-12-29-19(21-16)17-5-3-10-28-17/h3,5-10,12,15,18-19,21,23,25H,2,4,11H2,1H3,(H,22,24)(H,26,27)/t15-,18?,19?/m0/s1. The Hall–Kier alpha value is -1.50. The lowest BCUT2D eigenvalue weighted by atomic mass is 10.0. The molecule has 5 N–H and O–H groups in total. The molecule has 7 nitrogen and oxygen atoms in total. The summed E-state index contributed by atoms with van der Waals surface area (Å²) in [6.07, 6.45) is 2.93. The summed E-state index contributed by atoms with van der Waals surface area (Å²) in [5, 5.41) is 9.39. The summed E-state index contributed by atoms with van der Waals surface area (Å²) >= 11 is 3.19. The van der Waals surface area contributed by atoms with Crippen molar-refractivity contribution in [3.8, 4) is 0 Å². The van der Waals surface area contributed by atoms with Gasteiger partial charge in [0, 0.05) is 22.7 Å². The van der Waals surface area contributed by atoms with E-state index < -0.39 is 11.3 Å². The van der Waals surface area contributed by atoms with E-state index in [9.17, 15) is 4.21 Å². The molecule has 11 heteroatoms. The maximum atomic E-state index is 10.9. The van der Waals surface area contributed by atoms with Gasteiger partial charge in [-0.25, -0.2) is 9.63 Å². The molecule has 2 aromatic rings. The van der Waals surface area contributed by atoms with E-state index in [2.05, 4.69) is 50.7 Å². The van der Waals surface area contributed by atoms with Crippen molar-refractivity contribution in [2.24, 2.45) is 4.99 Å². The normalized spacial score (nSPS) is 23.8. The van der Waals surface area contributed by atoms with Crippen molar-refractivity contribution in [3.05, 3.63) is 63.3 Å². The fraction of sp³-hybridized carbons (Fsp3) is 0.350. The molecule has 3 heterocycles. The van der Waals surface area contributed by atoms with E-state index in [-0.39, 0.29) is 11.4 Å². The van der Waals surface area contributed by atoms with Crippen LogP contribution in [0.2, 0.25) is 0 Å². The van der Waals surface area contributed by atoms with Crippen LogP contribution < -0.4 is 20.9 Å². The van der Waals surface area contributed by atoms with E-state index in [4.69, 9.17) is 9.55 Å². The van der Waals surface area contributed by atoms with E-state index in [0.29, 0.717) is 11.1 Å². The number of hydrazine groups is 1. The third-order valence-electron chi connectivity index (χ3n) is 4.80. The highest BCUT2D eigenvalue weighted by molar-refractivity contribution is 8.14. The molecule has 166 valence electrons. The average Bonchev–Trinajstić information content (AvgIpc) is 3.50. The Labute approximate surface area is 197 Å². The first-order valence-electron chi connectivity index (χ1n) is 9.98. The van der Waals surface area contributed by atoms with Crippen LogP contribution in [0.25, 0.3) is 0 Å². The van der Waals surface area contributed by atoms with Crippen LogP contribution >= 0.6 is 34.9 Å². The quantitative estimate of drug-likeness (QED) is 0.329. The van der Waals surface area contributed by atoms with Crippen molar-refractivity contribution in [2.75, 3.05) is 4.72 Å².